The number of hydrogen-bond acceptors (Lipinski definition) is 4. The first kappa shape index (κ1) is 18.4. The summed E-state index contributed by atoms with van der Waals surface area (Å²) in [5.74, 6) is -0.0833. The van der Waals surface area contributed by atoms with Gasteiger partial charge in [-0.3, -0.25) is 9.32 Å². The largest absolute Gasteiger partial charge is 0.427 e. The van der Waals surface area contributed by atoms with Crippen LogP contribution in [-0.4, -0.2) is 24.1 Å². The quantitative estimate of drug-likeness (QED) is 0.397. The Kier molecular flexibility index (Phi) is 5.66. The predicted octanol–water partition coefficient (Wildman–Crippen LogP) is 2.99. The Bertz CT molecular complexity index is 979. The number of allylic oxidation sites excluding steroid dienone is 1. The highest BCUT2D eigenvalue weighted by molar-refractivity contribution is 6.06. The maximum absolute atomic E-state index is 12.4. The van der Waals surface area contributed by atoms with Gasteiger partial charge < -0.3 is 4.90 Å². The SMILES string of the molecule is CCN(CC)c1ccc(/C=C/C(=O)c2ccc(-[n+]3cc(=O)o[nH]3)cc2)cc1. The summed E-state index contributed by atoms with van der Waals surface area (Å²) in [5.41, 5.74) is 2.95. The van der Waals surface area contributed by atoms with Gasteiger partial charge in [-0.1, -0.05) is 18.2 Å². The van der Waals surface area contributed by atoms with E-state index >= 15 is 0 Å². The molecule has 0 spiro atoms. The average Bonchev–Trinajstić information content (AvgIpc) is 3.14. The van der Waals surface area contributed by atoms with Gasteiger partial charge in [0.15, 0.2) is 5.78 Å². The number of carbonyl (C=O) groups excluding carboxylic acids is 1. The molecule has 0 bridgehead atoms. The van der Waals surface area contributed by atoms with Crippen LogP contribution in [0.4, 0.5) is 5.69 Å². The molecule has 0 saturated carbocycles. The van der Waals surface area contributed by atoms with Crippen molar-refractivity contribution in [3.05, 3.63) is 82.4 Å². The molecule has 0 aliphatic heterocycles. The predicted molar refractivity (Wildman–Crippen MR) is 104 cm³/mol. The van der Waals surface area contributed by atoms with Crippen LogP contribution in [0.1, 0.15) is 29.8 Å². The number of benzene rings is 2. The van der Waals surface area contributed by atoms with Crippen LogP contribution in [-0.2, 0) is 0 Å². The second-order valence-corrected chi connectivity index (χ2v) is 6.02. The third-order valence-corrected chi connectivity index (χ3v) is 4.36. The fourth-order valence-electron chi connectivity index (χ4n) is 2.82. The van der Waals surface area contributed by atoms with E-state index in [2.05, 4.69) is 40.7 Å². The number of carbonyl (C=O) groups is 1. The molecule has 0 fully saturated rings. The summed E-state index contributed by atoms with van der Waals surface area (Å²) in [4.78, 5) is 25.7. The maximum Gasteiger partial charge on any atom is 0.427 e. The standard InChI is InChI=1S/C21H21N3O3/c1-3-23(4-2)18-10-5-16(6-11-18)7-14-20(25)17-8-12-19(13-9-17)24-15-21(26)27-22-24/h5-15H,3-4H2,1-2H3/p+1/b14-7+. The first-order chi connectivity index (χ1) is 13.1. The minimum Gasteiger partial charge on any atom is -0.372 e. The van der Waals surface area contributed by atoms with Gasteiger partial charge >= 0.3 is 5.63 Å². The number of ketones is 1. The van der Waals surface area contributed by atoms with Crippen molar-refractivity contribution in [2.45, 2.75) is 13.8 Å². The number of aromatic amines is 1. The molecule has 0 amide bonds. The van der Waals surface area contributed by atoms with Crippen LogP contribution >= 0.6 is 0 Å². The van der Waals surface area contributed by atoms with Crippen molar-refractivity contribution in [2.24, 2.45) is 0 Å². The summed E-state index contributed by atoms with van der Waals surface area (Å²) in [6.07, 6.45) is 4.66. The van der Waals surface area contributed by atoms with Crippen LogP contribution in [0.2, 0.25) is 0 Å². The Labute approximate surface area is 157 Å². The third kappa shape index (κ3) is 4.41. The van der Waals surface area contributed by atoms with Gasteiger partial charge in [0, 0.05) is 36.5 Å². The first-order valence-corrected chi connectivity index (χ1v) is 8.88. The zero-order valence-corrected chi connectivity index (χ0v) is 15.4. The molecule has 6 heteroatoms. The van der Waals surface area contributed by atoms with Gasteiger partial charge in [-0.2, -0.15) is 0 Å². The van der Waals surface area contributed by atoms with Crippen molar-refractivity contribution in [3.8, 4) is 5.69 Å². The number of H-pyrrole nitrogens is 1. The van der Waals surface area contributed by atoms with E-state index in [1.54, 1.807) is 30.3 Å². The summed E-state index contributed by atoms with van der Waals surface area (Å²) in [7, 11) is 0. The van der Waals surface area contributed by atoms with Crippen LogP contribution in [0.3, 0.4) is 0 Å². The van der Waals surface area contributed by atoms with Gasteiger partial charge in [0.25, 0.3) is 6.20 Å². The molecule has 0 aliphatic carbocycles. The molecule has 3 rings (SSSR count). The number of rotatable bonds is 7. The van der Waals surface area contributed by atoms with Crippen molar-refractivity contribution in [3.63, 3.8) is 0 Å². The molecule has 1 N–H and O–H groups in total. The molecule has 0 saturated heterocycles. The third-order valence-electron chi connectivity index (χ3n) is 4.36. The van der Waals surface area contributed by atoms with Crippen molar-refractivity contribution < 1.29 is 14.0 Å². The summed E-state index contributed by atoms with van der Waals surface area (Å²) in [6.45, 7) is 6.18. The zero-order chi connectivity index (χ0) is 19.2. The maximum atomic E-state index is 12.4. The fraction of sp³-hybridized carbons (Fsp3) is 0.190. The second-order valence-electron chi connectivity index (χ2n) is 6.02. The summed E-state index contributed by atoms with van der Waals surface area (Å²) >= 11 is 0. The molecule has 0 radical (unpaired) electrons. The van der Waals surface area contributed by atoms with E-state index in [0.29, 0.717) is 11.3 Å². The Balaban J connectivity index is 1.68. The Hall–Kier alpha value is -3.41. The molecule has 0 aliphatic rings. The van der Waals surface area contributed by atoms with E-state index in [1.807, 2.05) is 18.2 Å². The number of nitrogens with one attached hydrogen (secondary N) is 1. The number of hydrogen-bond donors (Lipinski definition) is 1. The molecule has 0 unspecified atom stereocenters. The molecular formula is C21H22N3O3+. The molecule has 2 aromatic carbocycles. The highest BCUT2D eigenvalue weighted by Crippen LogP contribution is 2.16. The molecular weight excluding hydrogens is 342 g/mol. The fourth-order valence-corrected chi connectivity index (χ4v) is 2.82. The highest BCUT2D eigenvalue weighted by atomic mass is 16.5. The van der Waals surface area contributed by atoms with Crippen molar-refractivity contribution in [2.75, 3.05) is 18.0 Å². The van der Waals surface area contributed by atoms with Crippen molar-refractivity contribution in [1.29, 1.82) is 0 Å². The lowest BCUT2D eigenvalue weighted by Gasteiger charge is -2.20. The highest BCUT2D eigenvalue weighted by Gasteiger charge is 2.11. The normalized spacial score (nSPS) is 11.0. The minimum atomic E-state index is -0.468. The van der Waals surface area contributed by atoms with E-state index in [9.17, 15) is 9.59 Å². The van der Waals surface area contributed by atoms with Gasteiger partial charge in [-0.25, -0.2) is 4.79 Å². The Morgan fingerprint density at radius 1 is 1.07 bits per heavy atom. The molecule has 3 aromatic rings. The van der Waals surface area contributed by atoms with Crippen LogP contribution < -0.4 is 15.2 Å². The molecule has 138 valence electrons. The van der Waals surface area contributed by atoms with Crippen LogP contribution in [0.5, 0.6) is 0 Å². The lowest BCUT2D eigenvalue weighted by atomic mass is 10.1. The molecule has 1 aromatic heterocycles. The van der Waals surface area contributed by atoms with E-state index in [0.717, 1.165) is 18.7 Å². The Morgan fingerprint density at radius 2 is 1.74 bits per heavy atom. The first-order valence-electron chi connectivity index (χ1n) is 8.88. The van der Waals surface area contributed by atoms with Crippen molar-refractivity contribution >= 4 is 17.5 Å². The molecule has 27 heavy (non-hydrogen) atoms. The number of aromatic nitrogens is 2. The minimum absolute atomic E-state index is 0.0833. The van der Waals surface area contributed by atoms with Crippen molar-refractivity contribution in [1.82, 2.24) is 5.27 Å². The van der Waals surface area contributed by atoms with E-state index in [-0.39, 0.29) is 5.78 Å². The summed E-state index contributed by atoms with van der Waals surface area (Å²) < 4.78 is 6.07. The van der Waals surface area contributed by atoms with E-state index < -0.39 is 5.63 Å². The second kappa shape index (κ2) is 8.31. The molecule has 1 heterocycles. The number of anilines is 1. The van der Waals surface area contributed by atoms with Gasteiger partial charge in [-0.15, -0.1) is 0 Å². The van der Waals surface area contributed by atoms with Gasteiger partial charge in [0.2, 0.25) is 5.69 Å². The zero-order valence-electron chi connectivity index (χ0n) is 15.4. The Morgan fingerprint density at radius 3 is 2.30 bits per heavy atom. The molecule has 6 nitrogen and oxygen atoms in total. The monoisotopic (exact) mass is 364 g/mol. The summed E-state index contributed by atoms with van der Waals surface area (Å²) in [5, 5.41) is 2.46. The smallest absolute Gasteiger partial charge is 0.372 e. The summed E-state index contributed by atoms with van der Waals surface area (Å²) in [6, 6.07) is 15.0. The average molecular weight is 364 g/mol. The van der Waals surface area contributed by atoms with Gasteiger partial charge in [0.05, 0.1) is 0 Å². The van der Waals surface area contributed by atoms with Crippen LogP contribution in [0.25, 0.3) is 11.8 Å². The number of nitrogens with zero attached hydrogens (tertiary/aromatic N) is 2. The molecule has 0 atom stereocenters. The van der Waals surface area contributed by atoms with Gasteiger partial charge in [0.1, 0.15) is 0 Å². The lowest BCUT2D eigenvalue weighted by Crippen LogP contribution is -2.32. The van der Waals surface area contributed by atoms with E-state index in [1.165, 1.54) is 16.6 Å². The van der Waals surface area contributed by atoms with E-state index in [4.69, 9.17) is 0 Å². The van der Waals surface area contributed by atoms with Crippen LogP contribution in [0.15, 0.2) is 70.1 Å². The lowest BCUT2D eigenvalue weighted by molar-refractivity contribution is -0.670. The van der Waals surface area contributed by atoms with Gasteiger partial charge in [-0.05, 0) is 59.7 Å². The topological polar surface area (TPSA) is 70.2 Å². The van der Waals surface area contributed by atoms with Crippen LogP contribution in [0, 0.1) is 0 Å².